The molecule has 0 aromatic heterocycles. The fourth-order valence-corrected chi connectivity index (χ4v) is 1.37. The van der Waals surface area contributed by atoms with Crippen molar-refractivity contribution in [1.29, 1.82) is 0 Å². The maximum atomic E-state index is 11.4. The van der Waals surface area contributed by atoms with Crippen molar-refractivity contribution in [3.05, 3.63) is 23.8 Å². The molecular formula is C12H19N3O2. The molecule has 0 saturated carbocycles. The number of nitrogens with one attached hydrogen (secondary N) is 2. The lowest BCUT2D eigenvalue weighted by molar-refractivity contribution is -0.119. The minimum atomic E-state index is -0.0815. The minimum absolute atomic E-state index is 0.0815. The lowest BCUT2D eigenvalue weighted by Gasteiger charge is -2.10. The van der Waals surface area contributed by atoms with Crippen LogP contribution in [0.3, 0.4) is 0 Å². The van der Waals surface area contributed by atoms with Gasteiger partial charge in [0, 0.05) is 13.7 Å². The molecule has 0 bridgehead atoms. The topological polar surface area (TPSA) is 76.4 Å². The highest BCUT2D eigenvalue weighted by Gasteiger charge is 2.02. The first-order valence-electron chi connectivity index (χ1n) is 5.49. The van der Waals surface area contributed by atoms with Gasteiger partial charge in [0.05, 0.1) is 24.5 Å². The summed E-state index contributed by atoms with van der Waals surface area (Å²) >= 11 is 0. The summed E-state index contributed by atoms with van der Waals surface area (Å²) in [5.41, 5.74) is 8.33. The summed E-state index contributed by atoms with van der Waals surface area (Å²) in [6.45, 7) is 3.20. The molecule has 1 aromatic carbocycles. The Hall–Kier alpha value is -1.75. The Morgan fingerprint density at radius 3 is 2.88 bits per heavy atom. The second-order valence-electron chi connectivity index (χ2n) is 3.79. The monoisotopic (exact) mass is 237 g/mol. The van der Waals surface area contributed by atoms with E-state index >= 15 is 0 Å². The van der Waals surface area contributed by atoms with Gasteiger partial charge >= 0.3 is 0 Å². The van der Waals surface area contributed by atoms with E-state index in [1.165, 1.54) is 0 Å². The normalized spacial score (nSPS) is 10.0. The zero-order valence-electron chi connectivity index (χ0n) is 10.2. The van der Waals surface area contributed by atoms with Crippen LogP contribution in [0.2, 0.25) is 0 Å². The predicted octanol–water partition coefficient (Wildman–Crippen LogP) is 0.752. The van der Waals surface area contributed by atoms with Crippen molar-refractivity contribution < 1.29 is 9.53 Å². The van der Waals surface area contributed by atoms with Crippen molar-refractivity contribution in [1.82, 2.24) is 5.32 Å². The number of aryl methyl sites for hydroxylation is 1. The molecule has 0 unspecified atom stereocenters. The van der Waals surface area contributed by atoms with Gasteiger partial charge in [0.1, 0.15) is 0 Å². The number of methoxy groups -OCH3 is 1. The second-order valence-corrected chi connectivity index (χ2v) is 3.79. The van der Waals surface area contributed by atoms with Gasteiger partial charge < -0.3 is 21.1 Å². The number of amides is 1. The molecule has 5 heteroatoms. The van der Waals surface area contributed by atoms with Gasteiger partial charge in [-0.1, -0.05) is 6.07 Å². The molecule has 4 N–H and O–H groups in total. The molecule has 0 aliphatic rings. The maximum Gasteiger partial charge on any atom is 0.239 e. The van der Waals surface area contributed by atoms with Gasteiger partial charge in [0.25, 0.3) is 0 Å². The van der Waals surface area contributed by atoms with Gasteiger partial charge in [0.2, 0.25) is 5.91 Å². The van der Waals surface area contributed by atoms with E-state index in [1.54, 1.807) is 7.11 Å². The molecule has 1 amide bonds. The molecule has 5 nitrogen and oxygen atoms in total. The van der Waals surface area contributed by atoms with E-state index in [9.17, 15) is 4.79 Å². The van der Waals surface area contributed by atoms with E-state index in [2.05, 4.69) is 10.6 Å². The van der Waals surface area contributed by atoms with Crippen molar-refractivity contribution in [3.63, 3.8) is 0 Å². The average Bonchev–Trinajstić information content (AvgIpc) is 2.28. The fourth-order valence-electron chi connectivity index (χ4n) is 1.37. The van der Waals surface area contributed by atoms with Crippen LogP contribution in [0.1, 0.15) is 5.56 Å². The Kier molecular flexibility index (Phi) is 5.29. The van der Waals surface area contributed by atoms with Crippen LogP contribution in [0, 0.1) is 6.92 Å². The van der Waals surface area contributed by atoms with Crippen LogP contribution < -0.4 is 16.4 Å². The van der Waals surface area contributed by atoms with Crippen LogP contribution in [-0.2, 0) is 9.53 Å². The van der Waals surface area contributed by atoms with Gasteiger partial charge in [-0.25, -0.2) is 0 Å². The zero-order valence-corrected chi connectivity index (χ0v) is 10.2. The molecule has 0 fully saturated rings. The third-order valence-corrected chi connectivity index (χ3v) is 2.27. The number of nitrogens with two attached hydrogens (primary N) is 1. The SMILES string of the molecule is COCCNC(=O)CNc1ccc(C)cc1N. The Balaban J connectivity index is 2.37. The number of hydrogen-bond acceptors (Lipinski definition) is 4. The maximum absolute atomic E-state index is 11.4. The molecular weight excluding hydrogens is 218 g/mol. The Morgan fingerprint density at radius 2 is 2.24 bits per heavy atom. The molecule has 94 valence electrons. The summed E-state index contributed by atoms with van der Waals surface area (Å²) in [7, 11) is 1.59. The van der Waals surface area contributed by atoms with Crippen molar-refractivity contribution in [2.45, 2.75) is 6.92 Å². The first kappa shape index (κ1) is 13.3. The predicted molar refractivity (Wildman–Crippen MR) is 69.0 cm³/mol. The van der Waals surface area contributed by atoms with E-state index in [1.807, 2.05) is 25.1 Å². The van der Waals surface area contributed by atoms with Crippen molar-refractivity contribution in [2.75, 3.05) is 37.9 Å². The number of carbonyl (C=O) groups excluding carboxylic acids is 1. The highest BCUT2D eigenvalue weighted by Crippen LogP contribution is 2.18. The lowest BCUT2D eigenvalue weighted by Crippen LogP contribution is -2.32. The van der Waals surface area contributed by atoms with Gasteiger partial charge in [-0.05, 0) is 24.6 Å². The molecule has 0 saturated heterocycles. The zero-order chi connectivity index (χ0) is 12.7. The minimum Gasteiger partial charge on any atom is -0.397 e. The van der Waals surface area contributed by atoms with Gasteiger partial charge in [-0.3, -0.25) is 4.79 Å². The van der Waals surface area contributed by atoms with E-state index in [0.29, 0.717) is 18.8 Å². The van der Waals surface area contributed by atoms with Crippen LogP contribution in [0.15, 0.2) is 18.2 Å². The van der Waals surface area contributed by atoms with Crippen molar-refractivity contribution in [3.8, 4) is 0 Å². The quantitative estimate of drug-likeness (QED) is 0.504. The third-order valence-electron chi connectivity index (χ3n) is 2.27. The highest BCUT2D eigenvalue weighted by atomic mass is 16.5. The molecule has 0 aliphatic carbocycles. The third kappa shape index (κ3) is 4.74. The summed E-state index contributed by atoms with van der Waals surface area (Å²) < 4.78 is 4.83. The highest BCUT2D eigenvalue weighted by molar-refractivity contribution is 5.82. The molecule has 0 heterocycles. The van der Waals surface area contributed by atoms with Crippen molar-refractivity contribution in [2.24, 2.45) is 0 Å². The summed E-state index contributed by atoms with van der Waals surface area (Å²) in [6, 6.07) is 5.68. The summed E-state index contributed by atoms with van der Waals surface area (Å²) in [4.78, 5) is 11.4. The van der Waals surface area contributed by atoms with Gasteiger partial charge in [-0.15, -0.1) is 0 Å². The average molecular weight is 237 g/mol. The van der Waals surface area contributed by atoms with E-state index in [0.717, 1.165) is 11.3 Å². The summed E-state index contributed by atoms with van der Waals surface area (Å²) in [6.07, 6.45) is 0. The van der Waals surface area contributed by atoms with Crippen LogP contribution in [0.4, 0.5) is 11.4 Å². The standard InChI is InChI=1S/C12H19N3O2/c1-9-3-4-11(10(13)7-9)15-8-12(16)14-5-6-17-2/h3-4,7,15H,5-6,8,13H2,1-2H3,(H,14,16). The summed E-state index contributed by atoms with van der Waals surface area (Å²) in [5.74, 6) is -0.0815. The Morgan fingerprint density at radius 1 is 1.47 bits per heavy atom. The number of hydrogen-bond donors (Lipinski definition) is 3. The van der Waals surface area contributed by atoms with Crippen LogP contribution in [0.5, 0.6) is 0 Å². The first-order chi connectivity index (χ1) is 8.13. The molecule has 1 rings (SSSR count). The molecule has 0 radical (unpaired) electrons. The van der Waals surface area contributed by atoms with Crippen LogP contribution >= 0.6 is 0 Å². The van der Waals surface area contributed by atoms with Crippen LogP contribution in [0.25, 0.3) is 0 Å². The Labute approximate surface area is 101 Å². The van der Waals surface area contributed by atoms with E-state index in [-0.39, 0.29) is 12.5 Å². The second kappa shape index (κ2) is 6.75. The van der Waals surface area contributed by atoms with E-state index in [4.69, 9.17) is 10.5 Å². The Bertz CT molecular complexity index is 380. The fraction of sp³-hybridized carbons (Fsp3) is 0.417. The van der Waals surface area contributed by atoms with E-state index < -0.39 is 0 Å². The smallest absolute Gasteiger partial charge is 0.239 e. The number of ether oxygens (including phenoxy) is 1. The van der Waals surface area contributed by atoms with Gasteiger partial charge in [-0.2, -0.15) is 0 Å². The number of benzene rings is 1. The van der Waals surface area contributed by atoms with Gasteiger partial charge in [0.15, 0.2) is 0 Å². The first-order valence-corrected chi connectivity index (χ1v) is 5.49. The molecule has 0 aliphatic heterocycles. The molecule has 0 spiro atoms. The molecule has 1 aromatic rings. The lowest BCUT2D eigenvalue weighted by atomic mass is 10.2. The number of carbonyl (C=O) groups is 1. The largest absolute Gasteiger partial charge is 0.397 e. The number of rotatable bonds is 6. The van der Waals surface area contributed by atoms with Crippen LogP contribution in [-0.4, -0.2) is 32.7 Å². The number of nitrogen functional groups attached to an aromatic ring is 1. The molecule has 0 atom stereocenters. The number of anilines is 2. The van der Waals surface area contributed by atoms with Crippen molar-refractivity contribution >= 4 is 17.3 Å². The summed E-state index contributed by atoms with van der Waals surface area (Å²) in [5, 5.41) is 5.71. The molecule has 17 heavy (non-hydrogen) atoms.